The van der Waals surface area contributed by atoms with Crippen LogP contribution >= 0.6 is 15.9 Å². The summed E-state index contributed by atoms with van der Waals surface area (Å²) in [7, 11) is 0. The molecule has 0 saturated carbocycles. The van der Waals surface area contributed by atoms with Crippen molar-refractivity contribution in [1.82, 2.24) is 4.98 Å². The van der Waals surface area contributed by atoms with Gasteiger partial charge in [0.25, 0.3) is 5.91 Å². The summed E-state index contributed by atoms with van der Waals surface area (Å²) >= 11 is 3.45. The third-order valence-corrected chi connectivity index (χ3v) is 3.88. The van der Waals surface area contributed by atoms with Gasteiger partial charge in [0, 0.05) is 11.0 Å². The summed E-state index contributed by atoms with van der Waals surface area (Å²) in [5, 5.41) is 6.13. The van der Waals surface area contributed by atoms with Crippen LogP contribution in [0, 0.1) is 6.92 Å². The van der Waals surface area contributed by atoms with Crippen molar-refractivity contribution >= 4 is 33.2 Å². The van der Waals surface area contributed by atoms with Gasteiger partial charge in [0.1, 0.15) is 5.69 Å². The van der Waals surface area contributed by atoms with Crippen molar-refractivity contribution in [1.29, 1.82) is 0 Å². The van der Waals surface area contributed by atoms with Gasteiger partial charge in [-0.1, -0.05) is 19.4 Å². The number of hydrogen-bond acceptors (Lipinski definition) is 3. The zero-order valence-corrected chi connectivity index (χ0v) is 14.4. The molecule has 2 rings (SSSR count). The summed E-state index contributed by atoms with van der Waals surface area (Å²) in [6.07, 6.45) is 3.95. The van der Waals surface area contributed by atoms with Crippen LogP contribution in [0.4, 0.5) is 11.4 Å². The minimum absolute atomic E-state index is 0.218. The number of benzene rings is 1. The molecule has 5 heteroatoms. The van der Waals surface area contributed by atoms with E-state index in [0.29, 0.717) is 5.69 Å². The first-order valence-electron chi connectivity index (χ1n) is 7.37. The quantitative estimate of drug-likeness (QED) is 0.738. The molecule has 4 nitrogen and oxygen atoms in total. The smallest absolute Gasteiger partial charge is 0.274 e. The lowest BCUT2D eigenvalue weighted by Crippen LogP contribution is -2.14. The van der Waals surface area contributed by atoms with Crippen LogP contribution in [-0.4, -0.2) is 17.4 Å². The molecule has 0 bridgehead atoms. The van der Waals surface area contributed by atoms with Crippen molar-refractivity contribution in [2.45, 2.75) is 26.7 Å². The molecule has 0 spiro atoms. The monoisotopic (exact) mass is 361 g/mol. The van der Waals surface area contributed by atoms with Gasteiger partial charge in [0.2, 0.25) is 0 Å². The summed E-state index contributed by atoms with van der Waals surface area (Å²) < 4.78 is 0.860. The third kappa shape index (κ3) is 4.56. The average Bonchev–Trinajstić information content (AvgIpc) is 2.51. The molecule has 116 valence electrons. The molecule has 0 aliphatic rings. The molecule has 0 radical (unpaired) electrons. The number of pyridine rings is 1. The van der Waals surface area contributed by atoms with Gasteiger partial charge in [-0.3, -0.25) is 4.79 Å². The number of amides is 1. The highest BCUT2D eigenvalue weighted by atomic mass is 79.9. The first kappa shape index (κ1) is 16.5. The molecule has 0 aliphatic carbocycles. The first-order chi connectivity index (χ1) is 10.6. The lowest BCUT2D eigenvalue weighted by Gasteiger charge is -2.09. The van der Waals surface area contributed by atoms with Crippen molar-refractivity contribution in [2.75, 3.05) is 17.2 Å². The molecular formula is C17H20BrN3O. The topological polar surface area (TPSA) is 54.0 Å². The molecule has 2 aromatic rings. The normalized spacial score (nSPS) is 10.3. The summed E-state index contributed by atoms with van der Waals surface area (Å²) in [5.74, 6) is -0.218. The van der Waals surface area contributed by atoms with E-state index >= 15 is 0 Å². The lowest BCUT2D eigenvalue weighted by atomic mass is 10.2. The van der Waals surface area contributed by atoms with Crippen LogP contribution in [0.1, 0.15) is 35.8 Å². The highest BCUT2D eigenvalue weighted by molar-refractivity contribution is 9.10. The third-order valence-electron chi connectivity index (χ3n) is 3.23. The molecule has 2 N–H and O–H groups in total. The lowest BCUT2D eigenvalue weighted by molar-refractivity contribution is 0.102. The van der Waals surface area contributed by atoms with Gasteiger partial charge < -0.3 is 10.6 Å². The first-order valence-corrected chi connectivity index (χ1v) is 8.17. The number of carbonyl (C=O) groups is 1. The Balaban J connectivity index is 2.00. The maximum absolute atomic E-state index is 12.2. The number of unbranched alkanes of at least 4 members (excludes halogenated alkanes) is 1. The number of anilines is 2. The van der Waals surface area contributed by atoms with Crippen molar-refractivity contribution < 1.29 is 4.79 Å². The van der Waals surface area contributed by atoms with Crippen LogP contribution in [0.15, 0.2) is 41.0 Å². The fraction of sp³-hybridized carbons (Fsp3) is 0.294. The second kappa shape index (κ2) is 7.94. The Morgan fingerprint density at radius 3 is 2.73 bits per heavy atom. The van der Waals surface area contributed by atoms with Crippen LogP contribution in [-0.2, 0) is 0 Å². The SMILES string of the molecule is CCCCNc1ccc(C(=O)Nc2ccc(C)cc2Br)nc1. The van der Waals surface area contributed by atoms with Crippen LogP contribution in [0.5, 0.6) is 0 Å². The van der Waals surface area contributed by atoms with Crippen molar-refractivity contribution in [3.8, 4) is 0 Å². The molecular weight excluding hydrogens is 342 g/mol. The van der Waals surface area contributed by atoms with Gasteiger partial charge in [-0.25, -0.2) is 4.98 Å². The van der Waals surface area contributed by atoms with E-state index in [0.717, 1.165) is 40.8 Å². The summed E-state index contributed by atoms with van der Waals surface area (Å²) in [6, 6.07) is 9.39. The van der Waals surface area contributed by atoms with Crippen LogP contribution < -0.4 is 10.6 Å². The Kier molecular flexibility index (Phi) is 5.95. The molecule has 22 heavy (non-hydrogen) atoms. The Bertz CT molecular complexity index is 641. The van der Waals surface area contributed by atoms with Gasteiger partial charge >= 0.3 is 0 Å². The van der Waals surface area contributed by atoms with E-state index in [4.69, 9.17) is 0 Å². The number of nitrogens with one attached hydrogen (secondary N) is 2. The molecule has 0 aliphatic heterocycles. The van der Waals surface area contributed by atoms with Gasteiger partial charge in [0.15, 0.2) is 0 Å². The summed E-state index contributed by atoms with van der Waals surface area (Å²) in [5.41, 5.74) is 3.20. The minimum Gasteiger partial charge on any atom is -0.384 e. The largest absolute Gasteiger partial charge is 0.384 e. The zero-order valence-electron chi connectivity index (χ0n) is 12.8. The Morgan fingerprint density at radius 1 is 1.27 bits per heavy atom. The second-order valence-corrected chi connectivity index (χ2v) is 6.00. The number of halogens is 1. The molecule has 0 fully saturated rings. The predicted molar refractivity (Wildman–Crippen MR) is 94.5 cm³/mol. The van der Waals surface area contributed by atoms with E-state index in [-0.39, 0.29) is 5.91 Å². The molecule has 1 aromatic heterocycles. The van der Waals surface area contributed by atoms with Gasteiger partial charge in [-0.05, 0) is 59.1 Å². The van der Waals surface area contributed by atoms with Crippen LogP contribution in [0.2, 0.25) is 0 Å². The molecule has 1 aromatic carbocycles. The summed E-state index contributed by atoms with van der Waals surface area (Å²) in [4.78, 5) is 16.4. The molecule has 1 heterocycles. The van der Waals surface area contributed by atoms with E-state index < -0.39 is 0 Å². The average molecular weight is 362 g/mol. The van der Waals surface area contributed by atoms with E-state index in [2.05, 4.69) is 38.5 Å². The summed E-state index contributed by atoms with van der Waals surface area (Å²) in [6.45, 7) is 5.07. The van der Waals surface area contributed by atoms with E-state index in [9.17, 15) is 4.79 Å². The van der Waals surface area contributed by atoms with E-state index in [1.54, 1.807) is 12.3 Å². The van der Waals surface area contributed by atoms with Gasteiger partial charge in [0.05, 0.1) is 17.6 Å². The predicted octanol–water partition coefficient (Wildman–Crippen LogP) is 4.62. The Morgan fingerprint density at radius 2 is 2.09 bits per heavy atom. The maximum Gasteiger partial charge on any atom is 0.274 e. The number of aromatic nitrogens is 1. The minimum atomic E-state index is -0.218. The number of aryl methyl sites for hydroxylation is 1. The van der Waals surface area contributed by atoms with Crippen molar-refractivity contribution in [3.63, 3.8) is 0 Å². The Labute approximate surface area is 139 Å². The zero-order chi connectivity index (χ0) is 15.9. The highest BCUT2D eigenvalue weighted by Gasteiger charge is 2.09. The highest BCUT2D eigenvalue weighted by Crippen LogP contribution is 2.23. The number of carbonyl (C=O) groups excluding carboxylic acids is 1. The van der Waals surface area contributed by atoms with Gasteiger partial charge in [-0.15, -0.1) is 0 Å². The fourth-order valence-electron chi connectivity index (χ4n) is 1.95. The maximum atomic E-state index is 12.2. The van der Waals surface area contributed by atoms with E-state index in [1.165, 1.54) is 0 Å². The fourth-order valence-corrected chi connectivity index (χ4v) is 2.54. The molecule has 0 unspecified atom stereocenters. The van der Waals surface area contributed by atoms with Crippen LogP contribution in [0.3, 0.4) is 0 Å². The molecule has 0 saturated heterocycles. The van der Waals surface area contributed by atoms with Crippen molar-refractivity contribution in [2.24, 2.45) is 0 Å². The molecule has 1 amide bonds. The Hall–Kier alpha value is -1.88. The number of hydrogen-bond donors (Lipinski definition) is 2. The van der Waals surface area contributed by atoms with Crippen LogP contribution in [0.25, 0.3) is 0 Å². The standard InChI is InChI=1S/C17H20BrN3O/c1-3-4-9-19-13-6-8-16(20-11-13)17(22)21-15-7-5-12(2)10-14(15)18/h5-8,10-11,19H,3-4,9H2,1-2H3,(H,21,22). The van der Waals surface area contributed by atoms with Gasteiger partial charge in [-0.2, -0.15) is 0 Å². The van der Waals surface area contributed by atoms with E-state index in [1.807, 2.05) is 31.2 Å². The second-order valence-electron chi connectivity index (χ2n) is 5.15. The molecule has 0 atom stereocenters. The number of rotatable bonds is 6. The number of nitrogens with zero attached hydrogens (tertiary/aromatic N) is 1. The van der Waals surface area contributed by atoms with Crippen molar-refractivity contribution in [3.05, 3.63) is 52.3 Å².